The van der Waals surface area contributed by atoms with Crippen molar-refractivity contribution < 1.29 is 14.3 Å². The molecule has 1 atom stereocenters. The van der Waals surface area contributed by atoms with Gasteiger partial charge in [-0.25, -0.2) is 4.39 Å². The van der Waals surface area contributed by atoms with Crippen LogP contribution in [-0.2, 0) is 0 Å². The molecule has 5 nitrogen and oxygen atoms in total. The second-order valence-corrected chi connectivity index (χ2v) is 7.31. The minimum atomic E-state index is -0.628. The first-order valence-electron chi connectivity index (χ1n) is 9.07. The number of halogens is 2. The molecule has 3 aromatic rings. The molecule has 0 radical (unpaired) electrons. The number of fused-ring (bicyclic) bond motifs is 1. The van der Waals surface area contributed by atoms with Gasteiger partial charge in [0.25, 0.3) is 5.91 Å². The van der Waals surface area contributed by atoms with Gasteiger partial charge < -0.3 is 10.0 Å². The smallest absolute Gasteiger partial charge is 0.273 e. The molecule has 1 amide bonds. The molecule has 144 valence electrons. The van der Waals surface area contributed by atoms with E-state index in [4.69, 9.17) is 11.6 Å². The molecule has 0 saturated heterocycles. The van der Waals surface area contributed by atoms with Crippen molar-refractivity contribution in [3.8, 4) is 17.0 Å². The number of rotatable bonds is 4. The quantitative estimate of drug-likeness (QED) is 0.659. The lowest BCUT2D eigenvalue weighted by Crippen LogP contribution is -2.30. The highest BCUT2D eigenvalue weighted by Crippen LogP contribution is 2.45. The fourth-order valence-corrected chi connectivity index (χ4v) is 3.91. The molecule has 7 heteroatoms. The standard InChI is InChI=1S/C21H19ClFN3O2/c1-3-8-26-20(12-6-4-5-7-15(12)23)17-18(24-25-19(17)21(26)28)13-10-14(22)11(2)9-16(13)27/h4-7,9-10,20,27H,3,8H2,1-2H3,(H,24,25). The Morgan fingerprint density at radius 2 is 2.07 bits per heavy atom. The number of nitrogens with zero attached hydrogens (tertiary/aromatic N) is 2. The highest BCUT2D eigenvalue weighted by Gasteiger charge is 2.43. The van der Waals surface area contributed by atoms with Crippen LogP contribution in [0.15, 0.2) is 36.4 Å². The highest BCUT2D eigenvalue weighted by molar-refractivity contribution is 6.31. The summed E-state index contributed by atoms with van der Waals surface area (Å²) in [5, 5.41) is 18.0. The third kappa shape index (κ3) is 2.76. The van der Waals surface area contributed by atoms with Gasteiger partial charge in [-0.15, -0.1) is 0 Å². The first-order valence-corrected chi connectivity index (χ1v) is 9.45. The van der Waals surface area contributed by atoms with E-state index in [0.29, 0.717) is 39.6 Å². The second kappa shape index (κ2) is 6.95. The van der Waals surface area contributed by atoms with Gasteiger partial charge in [0.2, 0.25) is 0 Å². The predicted octanol–water partition coefficient (Wildman–Crippen LogP) is 4.84. The van der Waals surface area contributed by atoms with E-state index in [1.54, 1.807) is 42.2 Å². The van der Waals surface area contributed by atoms with Crippen molar-refractivity contribution >= 4 is 17.5 Å². The van der Waals surface area contributed by atoms with Crippen molar-refractivity contribution in [2.75, 3.05) is 6.54 Å². The maximum atomic E-state index is 14.7. The number of phenolic OH excluding ortho intramolecular Hbond substituents is 1. The summed E-state index contributed by atoms with van der Waals surface area (Å²) in [5.74, 6) is -0.626. The van der Waals surface area contributed by atoms with Crippen LogP contribution >= 0.6 is 11.6 Å². The molecule has 2 aromatic carbocycles. The number of carbonyl (C=O) groups is 1. The lowest BCUT2D eigenvalue weighted by atomic mass is 9.95. The van der Waals surface area contributed by atoms with Gasteiger partial charge in [-0.2, -0.15) is 5.10 Å². The van der Waals surface area contributed by atoms with Gasteiger partial charge in [0.1, 0.15) is 23.0 Å². The molecule has 1 aliphatic rings. The van der Waals surface area contributed by atoms with Crippen LogP contribution < -0.4 is 0 Å². The number of aromatic nitrogens is 2. The number of amides is 1. The van der Waals surface area contributed by atoms with Crippen molar-refractivity contribution in [3.05, 3.63) is 69.6 Å². The number of aromatic hydroxyl groups is 1. The number of carbonyl (C=O) groups excluding carboxylic acids is 1. The Morgan fingerprint density at radius 3 is 2.79 bits per heavy atom. The summed E-state index contributed by atoms with van der Waals surface area (Å²) in [5.41, 5.74) is 2.79. The number of hydrogen-bond donors (Lipinski definition) is 2. The Hall–Kier alpha value is -2.86. The van der Waals surface area contributed by atoms with Crippen LogP contribution in [0.3, 0.4) is 0 Å². The van der Waals surface area contributed by atoms with E-state index in [-0.39, 0.29) is 11.7 Å². The molecule has 1 aromatic heterocycles. The lowest BCUT2D eigenvalue weighted by Gasteiger charge is -2.26. The van der Waals surface area contributed by atoms with E-state index in [0.717, 1.165) is 12.0 Å². The largest absolute Gasteiger partial charge is 0.507 e. The van der Waals surface area contributed by atoms with Crippen LogP contribution in [0.4, 0.5) is 4.39 Å². The van der Waals surface area contributed by atoms with Crippen molar-refractivity contribution in [2.45, 2.75) is 26.3 Å². The summed E-state index contributed by atoms with van der Waals surface area (Å²) >= 11 is 6.25. The van der Waals surface area contributed by atoms with Crippen LogP contribution in [0.5, 0.6) is 5.75 Å². The van der Waals surface area contributed by atoms with Crippen molar-refractivity contribution in [1.82, 2.24) is 15.1 Å². The first-order chi connectivity index (χ1) is 13.4. The average molecular weight is 400 g/mol. The Kier molecular flexibility index (Phi) is 4.59. The third-order valence-electron chi connectivity index (χ3n) is 5.06. The summed E-state index contributed by atoms with van der Waals surface area (Å²) in [4.78, 5) is 14.6. The molecule has 0 bridgehead atoms. The molecule has 1 unspecified atom stereocenters. The lowest BCUT2D eigenvalue weighted by molar-refractivity contribution is 0.0742. The van der Waals surface area contributed by atoms with Gasteiger partial charge >= 0.3 is 0 Å². The van der Waals surface area contributed by atoms with E-state index in [2.05, 4.69) is 10.2 Å². The number of benzene rings is 2. The molecule has 28 heavy (non-hydrogen) atoms. The molecular weight excluding hydrogens is 381 g/mol. The molecule has 1 aliphatic heterocycles. The normalized spacial score (nSPS) is 15.9. The number of nitrogens with one attached hydrogen (secondary N) is 1. The monoisotopic (exact) mass is 399 g/mol. The third-order valence-corrected chi connectivity index (χ3v) is 5.47. The second-order valence-electron chi connectivity index (χ2n) is 6.90. The Bertz CT molecular complexity index is 1080. The number of phenols is 1. The Labute approximate surface area is 166 Å². The number of H-pyrrole nitrogens is 1. The molecule has 0 saturated carbocycles. The number of aromatic amines is 1. The molecule has 4 rings (SSSR count). The van der Waals surface area contributed by atoms with Gasteiger partial charge in [0.15, 0.2) is 0 Å². The fraction of sp³-hybridized carbons (Fsp3) is 0.238. The first kappa shape index (κ1) is 18.5. The highest BCUT2D eigenvalue weighted by atomic mass is 35.5. The van der Waals surface area contributed by atoms with Crippen LogP contribution in [0.2, 0.25) is 5.02 Å². The number of aryl methyl sites for hydroxylation is 1. The van der Waals surface area contributed by atoms with Gasteiger partial charge in [0, 0.05) is 28.3 Å². The maximum Gasteiger partial charge on any atom is 0.273 e. The van der Waals surface area contributed by atoms with Gasteiger partial charge in [0.05, 0.1) is 6.04 Å². The maximum absolute atomic E-state index is 14.7. The summed E-state index contributed by atoms with van der Waals surface area (Å²) in [6.45, 7) is 4.22. The zero-order valence-corrected chi connectivity index (χ0v) is 16.2. The Balaban J connectivity index is 1.96. The molecule has 0 fully saturated rings. The molecular formula is C21H19ClFN3O2. The zero-order chi connectivity index (χ0) is 20.0. The van der Waals surface area contributed by atoms with Gasteiger partial charge in [-0.05, 0) is 37.1 Å². The SMILES string of the molecule is CCCN1C(=O)c2[nH]nc(-c3cc(Cl)c(C)cc3O)c2C1c1ccccc1F. The minimum absolute atomic E-state index is 0.00451. The summed E-state index contributed by atoms with van der Waals surface area (Å²) in [6, 6.07) is 8.95. The minimum Gasteiger partial charge on any atom is -0.507 e. The summed E-state index contributed by atoms with van der Waals surface area (Å²) in [6.07, 6.45) is 0.728. The number of hydrogen-bond acceptors (Lipinski definition) is 3. The van der Waals surface area contributed by atoms with Crippen molar-refractivity contribution in [3.63, 3.8) is 0 Å². The molecule has 2 heterocycles. The van der Waals surface area contributed by atoms with Crippen LogP contribution in [0.1, 0.15) is 46.6 Å². The van der Waals surface area contributed by atoms with Gasteiger partial charge in [-0.1, -0.05) is 36.7 Å². The summed E-state index contributed by atoms with van der Waals surface area (Å²) < 4.78 is 14.7. The van der Waals surface area contributed by atoms with Crippen LogP contribution in [0.25, 0.3) is 11.3 Å². The molecule has 0 aliphatic carbocycles. The zero-order valence-electron chi connectivity index (χ0n) is 15.5. The van der Waals surface area contributed by atoms with E-state index in [1.165, 1.54) is 6.07 Å². The van der Waals surface area contributed by atoms with E-state index < -0.39 is 11.9 Å². The molecule has 0 spiro atoms. The average Bonchev–Trinajstić information content (AvgIpc) is 3.19. The van der Waals surface area contributed by atoms with Gasteiger partial charge in [-0.3, -0.25) is 9.89 Å². The summed E-state index contributed by atoms with van der Waals surface area (Å²) in [7, 11) is 0. The van der Waals surface area contributed by atoms with Crippen LogP contribution in [0, 0.1) is 12.7 Å². The molecule has 2 N–H and O–H groups in total. The Morgan fingerprint density at radius 1 is 1.32 bits per heavy atom. The van der Waals surface area contributed by atoms with E-state index in [9.17, 15) is 14.3 Å². The van der Waals surface area contributed by atoms with Crippen LogP contribution in [-0.4, -0.2) is 32.7 Å². The fourth-order valence-electron chi connectivity index (χ4n) is 3.75. The van der Waals surface area contributed by atoms with Crippen molar-refractivity contribution in [1.29, 1.82) is 0 Å². The van der Waals surface area contributed by atoms with Crippen molar-refractivity contribution in [2.24, 2.45) is 0 Å². The predicted molar refractivity (Wildman–Crippen MR) is 105 cm³/mol. The topological polar surface area (TPSA) is 69.2 Å². The van der Waals surface area contributed by atoms with E-state index in [1.807, 2.05) is 6.92 Å². The van der Waals surface area contributed by atoms with E-state index >= 15 is 0 Å².